The topological polar surface area (TPSA) is 37.3 Å². The molecule has 78 valence electrons. The second kappa shape index (κ2) is 5.78. The molecule has 0 aliphatic carbocycles. The lowest BCUT2D eigenvalue weighted by molar-refractivity contribution is -0.136. The van der Waals surface area contributed by atoms with E-state index in [2.05, 4.69) is 15.9 Å². The van der Waals surface area contributed by atoms with E-state index in [1.165, 1.54) is 11.8 Å². The number of carbonyl (C=O) groups is 1. The minimum Gasteiger partial charge on any atom is -0.480 e. The maximum absolute atomic E-state index is 10.9. The van der Waals surface area contributed by atoms with Crippen LogP contribution in [0.4, 0.5) is 0 Å². The fraction of sp³-hybridized carbons (Fsp3) is 0.444. The molecule has 0 aliphatic heterocycles. The van der Waals surface area contributed by atoms with Gasteiger partial charge in [0, 0.05) is 4.47 Å². The monoisotopic (exact) mass is 294 g/mol. The summed E-state index contributed by atoms with van der Waals surface area (Å²) in [5.74, 6) is -0.725. The summed E-state index contributed by atoms with van der Waals surface area (Å²) < 4.78 is 2.04. The summed E-state index contributed by atoms with van der Waals surface area (Å²) in [7, 11) is 0. The highest BCUT2D eigenvalue weighted by atomic mass is 79.9. The largest absolute Gasteiger partial charge is 0.480 e. The predicted octanol–water partition coefficient (Wildman–Crippen LogP) is 3.86. The molecule has 5 heteroatoms. The van der Waals surface area contributed by atoms with Crippen LogP contribution in [0.25, 0.3) is 0 Å². The van der Waals surface area contributed by atoms with Crippen molar-refractivity contribution in [3.63, 3.8) is 0 Å². The first kappa shape index (κ1) is 12.1. The van der Waals surface area contributed by atoms with Crippen molar-refractivity contribution in [2.75, 3.05) is 0 Å². The molecule has 0 amide bonds. The Hall–Kier alpha value is -0.000000000000000111. The van der Waals surface area contributed by atoms with Gasteiger partial charge in [-0.1, -0.05) is 25.1 Å². The number of hydrogen-bond donors (Lipinski definition) is 1. The van der Waals surface area contributed by atoms with Crippen LogP contribution in [-0.4, -0.2) is 16.3 Å². The zero-order chi connectivity index (χ0) is 10.6. The maximum Gasteiger partial charge on any atom is 0.317 e. The maximum atomic E-state index is 10.9. The van der Waals surface area contributed by atoms with Crippen LogP contribution in [0.2, 0.25) is 0 Å². The first-order valence-electron chi connectivity index (χ1n) is 4.27. The highest BCUT2D eigenvalue weighted by Gasteiger charge is 2.19. The summed E-state index contributed by atoms with van der Waals surface area (Å²) in [6.07, 6.45) is 1.61. The van der Waals surface area contributed by atoms with E-state index in [0.717, 1.165) is 15.1 Å². The molecular weight excluding hydrogens is 284 g/mol. The SMILES string of the molecule is CCCC(Sc1sccc1Br)C(=O)O. The second-order valence-electron chi connectivity index (χ2n) is 2.79. The molecule has 0 bridgehead atoms. The molecule has 2 nitrogen and oxygen atoms in total. The van der Waals surface area contributed by atoms with Crippen LogP contribution in [0.1, 0.15) is 19.8 Å². The number of hydrogen-bond acceptors (Lipinski definition) is 3. The van der Waals surface area contributed by atoms with Crippen molar-refractivity contribution in [3.8, 4) is 0 Å². The molecular formula is C9H11BrO2S2. The smallest absolute Gasteiger partial charge is 0.317 e. The molecule has 1 rings (SSSR count). The average molecular weight is 295 g/mol. The van der Waals surface area contributed by atoms with E-state index in [4.69, 9.17) is 5.11 Å². The number of rotatable bonds is 5. The van der Waals surface area contributed by atoms with E-state index in [1.807, 2.05) is 18.4 Å². The van der Waals surface area contributed by atoms with Crippen LogP contribution in [0.15, 0.2) is 20.1 Å². The second-order valence-corrected chi connectivity index (χ2v) is 6.03. The molecule has 1 aromatic heterocycles. The van der Waals surface area contributed by atoms with E-state index >= 15 is 0 Å². The molecule has 0 aromatic carbocycles. The minimum absolute atomic E-state index is 0.324. The fourth-order valence-electron chi connectivity index (χ4n) is 0.988. The van der Waals surface area contributed by atoms with Crippen molar-refractivity contribution < 1.29 is 9.90 Å². The van der Waals surface area contributed by atoms with Crippen LogP contribution in [0.3, 0.4) is 0 Å². The predicted molar refractivity (Wildman–Crippen MR) is 64.2 cm³/mol. The number of carboxylic acid groups (broad SMARTS) is 1. The molecule has 0 saturated heterocycles. The summed E-state index contributed by atoms with van der Waals surface area (Å²) >= 11 is 6.39. The van der Waals surface area contributed by atoms with Crippen molar-refractivity contribution in [2.24, 2.45) is 0 Å². The number of aliphatic carboxylic acids is 1. The molecule has 1 N–H and O–H groups in total. The zero-order valence-electron chi connectivity index (χ0n) is 7.70. The Bertz CT molecular complexity index is 312. The van der Waals surface area contributed by atoms with Gasteiger partial charge in [-0.25, -0.2) is 0 Å². The van der Waals surface area contributed by atoms with Crippen molar-refractivity contribution in [3.05, 3.63) is 15.9 Å². The van der Waals surface area contributed by atoms with Gasteiger partial charge in [-0.15, -0.1) is 11.3 Å². The Morgan fingerprint density at radius 3 is 2.93 bits per heavy atom. The van der Waals surface area contributed by atoms with Gasteiger partial charge < -0.3 is 5.11 Å². The molecule has 0 radical (unpaired) electrons. The van der Waals surface area contributed by atoms with Gasteiger partial charge in [-0.05, 0) is 33.8 Å². The third-order valence-corrected chi connectivity index (χ3v) is 5.29. The molecule has 1 atom stereocenters. The fourth-order valence-corrected chi connectivity index (χ4v) is 4.00. The van der Waals surface area contributed by atoms with Gasteiger partial charge in [-0.3, -0.25) is 4.79 Å². The van der Waals surface area contributed by atoms with E-state index < -0.39 is 5.97 Å². The lowest BCUT2D eigenvalue weighted by Gasteiger charge is -2.09. The van der Waals surface area contributed by atoms with Gasteiger partial charge in [-0.2, -0.15) is 0 Å². The molecule has 1 unspecified atom stereocenters. The normalized spacial score (nSPS) is 12.7. The zero-order valence-corrected chi connectivity index (χ0v) is 10.9. The van der Waals surface area contributed by atoms with E-state index in [9.17, 15) is 4.79 Å². The van der Waals surface area contributed by atoms with Crippen molar-refractivity contribution in [1.29, 1.82) is 0 Å². The van der Waals surface area contributed by atoms with Crippen molar-refractivity contribution >= 4 is 45.0 Å². The Balaban J connectivity index is 2.64. The standard InChI is InChI=1S/C9H11BrO2S2/c1-2-3-7(8(11)12)14-9-6(10)4-5-13-9/h4-5,7H,2-3H2,1H3,(H,11,12). The van der Waals surface area contributed by atoms with Crippen LogP contribution >= 0.6 is 39.0 Å². The van der Waals surface area contributed by atoms with Crippen molar-refractivity contribution in [1.82, 2.24) is 0 Å². The molecule has 0 fully saturated rings. The summed E-state index contributed by atoms with van der Waals surface area (Å²) in [6, 6.07) is 1.94. The third-order valence-electron chi connectivity index (χ3n) is 1.66. The summed E-state index contributed by atoms with van der Waals surface area (Å²) in [6.45, 7) is 2.00. The molecule has 0 saturated carbocycles. The van der Waals surface area contributed by atoms with Gasteiger partial charge in [0.2, 0.25) is 0 Å². The quantitative estimate of drug-likeness (QED) is 0.838. The number of thioether (sulfide) groups is 1. The molecule has 0 aliphatic rings. The summed E-state index contributed by atoms with van der Waals surface area (Å²) in [5.41, 5.74) is 0. The first-order valence-corrected chi connectivity index (χ1v) is 6.82. The van der Waals surface area contributed by atoms with Gasteiger partial charge in [0.15, 0.2) is 0 Å². The summed E-state index contributed by atoms with van der Waals surface area (Å²) in [5, 5.41) is 10.6. The molecule has 1 aromatic rings. The van der Waals surface area contributed by atoms with Gasteiger partial charge in [0.1, 0.15) is 5.25 Å². The lowest BCUT2D eigenvalue weighted by Crippen LogP contribution is -2.15. The highest BCUT2D eigenvalue weighted by molar-refractivity contribution is 9.10. The van der Waals surface area contributed by atoms with Crippen LogP contribution in [0, 0.1) is 0 Å². The van der Waals surface area contributed by atoms with Crippen LogP contribution in [0.5, 0.6) is 0 Å². The Morgan fingerprint density at radius 2 is 2.50 bits per heavy atom. The highest BCUT2D eigenvalue weighted by Crippen LogP contribution is 2.36. The molecule has 0 spiro atoms. The molecule has 14 heavy (non-hydrogen) atoms. The van der Waals surface area contributed by atoms with Crippen LogP contribution in [-0.2, 0) is 4.79 Å². The average Bonchev–Trinajstić information content (AvgIpc) is 2.51. The van der Waals surface area contributed by atoms with E-state index in [-0.39, 0.29) is 5.25 Å². The lowest BCUT2D eigenvalue weighted by atomic mass is 10.2. The van der Waals surface area contributed by atoms with Gasteiger partial charge >= 0.3 is 5.97 Å². The summed E-state index contributed by atoms with van der Waals surface area (Å²) in [4.78, 5) is 10.9. The van der Waals surface area contributed by atoms with Gasteiger partial charge in [0.25, 0.3) is 0 Å². The Labute approximate surface area is 99.8 Å². The van der Waals surface area contributed by atoms with Gasteiger partial charge in [0.05, 0.1) is 4.21 Å². The minimum atomic E-state index is -0.725. The number of halogens is 1. The third kappa shape index (κ3) is 3.29. The number of carboxylic acids is 1. The van der Waals surface area contributed by atoms with Crippen LogP contribution < -0.4 is 0 Å². The van der Waals surface area contributed by atoms with E-state index in [0.29, 0.717) is 6.42 Å². The number of thiophene rings is 1. The first-order chi connectivity index (χ1) is 6.65. The van der Waals surface area contributed by atoms with E-state index in [1.54, 1.807) is 11.3 Å². The Kier molecular flexibility index (Phi) is 4.98. The molecule has 1 heterocycles. The van der Waals surface area contributed by atoms with Crippen molar-refractivity contribution in [2.45, 2.75) is 29.2 Å². The Morgan fingerprint density at radius 1 is 1.79 bits per heavy atom.